The molecule has 10 nitrogen and oxygen atoms in total. The summed E-state index contributed by atoms with van der Waals surface area (Å²) < 4.78 is 35.5. The zero-order valence-corrected chi connectivity index (χ0v) is 18.1. The van der Waals surface area contributed by atoms with E-state index in [1.165, 1.54) is 4.31 Å². The van der Waals surface area contributed by atoms with Crippen molar-refractivity contribution in [2.75, 3.05) is 33.1 Å². The van der Waals surface area contributed by atoms with Crippen LogP contribution in [-0.2, 0) is 19.6 Å². The lowest BCUT2D eigenvalue weighted by atomic mass is 10.1. The van der Waals surface area contributed by atoms with Gasteiger partial charge >= 0.3 is 0 Å². The number of carbonyl (C=O) groups is 1. The maximum Gasteiger partial charge on any atom is 0.290 e. The van der Waals surface area contributed by atoms with Crippen LogP contribution in [-0.4, -0.2) is 76.7 Å². The Morgan fingerprint density at radius 1 is 1.23 bits per heavy atom. The average molecular weight is 448 g/mol. The Balaban J connectivity index is 0.000000858. The smallest absolute Gasteiger partial charge is 0.290 e. The average Bonchev–Trinajstić information content (AvgIpc) is 3.49. The van der Waals surface area contributed by atoms with Crippen molar-refractivity contribution in [2.24, 2.45) is 5.92 Å². The van der Waals surface area contributed by atoms with Crippen molar-refractivity contribution in [3.63, 3.8) is 0 Å². The van der Waals surface area contributed by atoms with E-state index in [0.29, 0.717) is 13.2 Å². The lowest BCUT2D eigenvalue weighted by Crippen LogP contribution is -2.32. The predicted octanol–water partition coefficient (Wildman–Crippen LogP) is 1.52. The van der Waals surface area contributed by atoms with Crippen molar-refractivity contribution in [1.29, 1.82) is 0 Å². The first-order chi connectivity index (χ1) is 14.9. The van der Waals surface area contributed by atoms with Gasteiger partial charge in [0.05, 0.1) is 30.7 Å². The molecule has 2 atom stereocenters. The van der Waals surface area contributed by atoms with Crippen LogP contribution in [0.4, 0.5) is 0 Å². The van der Waals surface area contributed by atoms with E-state index in [-0.39, 0.29) is 24.2 Å². The molecule has 1 aromatic carbocycles. The fourth-order valence-corrected chi connectivity index (χ4v) is 4.64. The zero-order chi connectivity index (χ0) is 22.4. The lowest BCUT2D eigenvalue weighted by Gasteiger charge is -2.22. The van der Waals surface area contributed by atoms with Crippen LogP contribution in [0.25, 0.3) is 17.1 Å². The van der Waals surface area contributed by atoms with Crippen LogP contribution in [0.5, 0.6) is 0 Å². The fourth-order valence-electron chi connectivity index (χ4n) is 3.49. The normalized spacial score (nSPS) is 18.5. The van der Waals surface area contributed by atoms with Gasteiger partial charge in [0, 0.05) is 50.4 Å². The third kappa shape index (κ3) is 5.19. The molecular formula is C20H25N5O5S. The third-order valence-corrected chi connectivity index (χ3v) is 7.01. The number of rotatable bonds is 6. The van der Waals surface area contributed by atoms with Crippen LogP contribution >= 0.6 is 0 Å². The van der Waals surface area contributed by atoms with Gasteiger partial charge in [0.15, 0.2) is 0 Å². The van der Waals surface area contributed by atoms with E-state index in [2.05, 4.69) is 10.1 Å². The summed E-state index contributed by atoms with van der Waals surface area (Å²) in [6, 6.07) is 9.75. The summed E-state index contributed by atoms with van der Waals surface area (Å²) in [5.74, 6) is 0.710. The van der Waals surface area contributed by atoms with Gasteiger partial charge in [0.2, 0.25) is 10.0 Å². The van der Waals surface area contributed by atoms with E-state index in [1.54, 1.807) is 31.2 Å². The van der Waals surface area contributed by atoms with Gasteiger partial charge in [0.1, 0.15) is 5.82 Å². The highest BCUT2D eigenvalue weighted by molar-refractivity contribution is 7.89. The zero-order valence-electron chi connectivity index (χ0n) is 17.3. The van der Waals surface area contributed by atoms with Crippen molar-refractivity contribution in [1.82, 2.24) is 23.6 Å². The van der Waals surface area contributed by atoms with Crippen LogP contribution in [0.3, 0.4) is 0 Å². The minimum absolute atomic E-state index is 0.0512. The topological polar surface area (TPSA) is 120 Å². The Labute approximate surface area is 180 Å². The minimum atomic E-state index is -3.31. The molecule has 0 amide bonds. The maximum absolute atomic E-state index is 12.4. The number of ether oxygens (including phenoxy) is 1. The largest absolute Gasteiger partial charge is 0.483 e. The highest BCUT2D eigenvalue weighted by atomic mass is 32.2. The second-order valence-corrected chi connectivity index (χ2v) is 9.42. The van der Waals surface area contributed by atoms with Crippen molar-refractivity contribution in [3.05, 3.63) is 55.1 Å². The number of hydrogen-bond donors (Lipinski definition) is 1. The first-order valence-corrected chi connectivity index (χ1v) is 11.2. The Kier molecular flexibility index (Phi) is 7.21. The summed E-state index contributed by atoms with van der Waals surface area (Å²) >= 11 is 0. The molecule has 4 rings (SSSR count). The van der Waals surface area contributed by atoms with Crippen LogP contribution in [0.1, 0.15) is 6.04 Å². The quantitative estimate of drug-likeness (QED) is 0.569. The molecule has 31 heavy (non-hydrogen) atoms. The Morgan fingerprint density at radius 2 is 2.00 bits per heavy atom. The summed E-state index contributed by atoms with van der Waals surface area (Å²) in [6.07, 6.45) is 7.26. The molecule has 11 heteroatoms. The summed E-state index contributed by atoms with van der Waals surface area (Å²) in [7, 11) is -0.193. The second-order valence-electron chi connectivity index (χ2n) is 7.19. The van der Waals surface area contributed by atoms with Crippen LogP contribution in [0.2, 0.25) is 0 Å². The van der Waals surface area contributed by atoms with Gasteiger partial charge in [-0.15, -0.1) is 0 Å². The van der Waals surface area contributed by atoms with Gasteiger partial charge in [-0.1, -0.05) is 12.1 Å². The Hall–Kier alpha value is -3.02. The molecule has 1 aliphatic rings. The third-order valence-electron chi connectivity index (χ3n) is 5.04. The summed E-state index contributed by atoms with van der Waals surface area (Å²) in [5, 5.41) is 11.2. The monoisotopic (exact) mass is 447 g/mol. The Morgan fingerprint density at radius 3 is 2.68 bits per heavy atom. The first kappa shape index (κ1) is 22.7. The minimum Gasteiger partial charge on any atom is -0.483 e. The van der Waals surface area contributed by atoms with Crippen molar-refractivity contribution < 1.29 is 23.1 Å². The highest BCUT2D eigenvalue weighted by Gasteiger charge is 2.35. The van der Waals surface area contributed by atoms with Gasteiger partial charge in [-0.2, -0.15) is 5.10 Å². The molecule has 0 radical (unpaired) electrons. The van der Waals surface area contributed by atoms with E-state index in [9.17, 15) is 8.42 Å². The molecule has 0 bridgehead atoms. The standard InChI is InChI=1S/C19H23N5O3S.CH2O2/c1-22(2)28(25,26)14-16-12-27-13-18(16)23-10-8-20-19(23)15-5-3-6-17(11-15)24-9-4-7-21-24;2-1-3/h3-11,16,18H,12-14H2,1-2H3;1H,(H,2,3)/t16-,18-;/m1./s1. The fraction of sp³-hybridized carbons (Fsp3) is 0.350. The molecule has 0 spiro atoms. The van der Waals surface area contributed by atoms with E-state index in [4.69, 9.17) is 14.6 Å². The molecular weight excluding hydrogens is 422 g/mol. The predicted molar refractivity (Wildman–Crippen MR) is 114 cm³/mol. The summed E-state index contributed by atoms with van der Waals surface area (Å²) in [4.78, 5) is 12.9. The van der Waals surface area contributed by atoms with E-state index < -0.39 is 10.0 Å². The van der Waals surface area contributed by atoms with E-state index in [1.807, 2.05) is 47.3 Å². The highest BCUT2D eigenvalue weighted by Crippen LogP contribution is 2.32. The number of carboxylic acid groups (broad SMARTS) is 1. The first-order valence-electron chi connectivity index (χ1n) is 9.56. The number of benzene rings is 1. The molecule has 3 aromatic rings. The number of aromatic nitrogens is 4. The van der Waals surface area contributed by atoms with Crippen LogP contribution in [0, 0.1) is 5.92 Å². The van der Waals surface area contributed by atoms with Gasteiger partial charge in [-0.25, -0.2) is 22.4 Å². The van der Waals surface area contributed by atoms with Gasteiger partial charge < -0.3 is 14.4 Å². The van der Waals surface area contributed by atoms with Gasteiger partial charge in [0.25, 0.3) is 6.47 Å². The van der Waals surface area contributed by atoms with E-state index >= 15 is 0 Å². The molecule has 0 saturated carbocycles. The molecule has 1 aliphatic heterocycles. The molecule has 1 N–H and O–H groups in total. The van der Waals surface area contributed by atoms with Crippen LogP contribution < -0.4 is 0 Å². The summed E-state index contributed by atoms with van der Waals surface area (Å²) in [6.45, 7) is 0.637. The number of sulfonamides is 1. The van der Waals surface area contributed by atoms with Crippen molar-refractivity contribution in [2.45, 2.75) is 6.04 Å². The molecule has 2 aromatic heterocycles. The lowest BCUT2D eigenvalue weighted by molar-refractivity contribution is -0.122. The molecule has 1 fully saturated rings. The van der Waals surface area contributed by atoms with Crippen molar-refractivity contribution >= 4 is 16.5 Å². The number of hydrogen-bond acceptors (Lipinski definition) is 6. The van der Waals surface area contributed by atoms with Gasteiger partial charge in [-0.05, 0) is 18.2 Å². The number of nitrogens with zero attached hydrogens (tertiary/aromatic N) is 5. The maximum atomic E-state index is 12.4. The summed E-state index contributed by atoms with van der Waals surface area (Å²) in [5.41, 5.74) is 1.88. The molecule has 1 saturated heterocycles. The van der Waals surface area contributed by atoms with Crippen LogP contribution in [0.15, 0.2) is 55.1 Å². The number of imidazole rings is 1. The van der Waals surface area contributed by atoms with Gasteiger partial charge in [-0.3, -0.25) is 4.79 Å². The van der Waals surface area contributed by atoms with Crippen molar-refractivity contribution in [3.8, 4) is 17.1 Å². The molecule has 3 heterocycles. The molecule has 166 valence electrons. The second kappa shape index (κ2) is 9.86. The Bertz CT molecular complexity index is 1090. The SMILES string of the molecule is CN(C)S(=O)(=O)C[C@H]1COC[C@H]1n1ccnc1-c1cccc(-n2cccn2)c1.O=CO. The van der Waals surface area contributed by atoms with E-state index in [0.717, 1.165) is 17.1 Å². The molecule has 0 unspecified atom stereocenters. The molecule has 0 aliphatic carbocycles.